The smallest absolute Gasteiger partial charge is 0.300 e. The number of benzene rings is 1. The summed E-state index contributed by atoms with van der Waals surface area (Å²) in [4.78, 5) is 16.6. The Hall–Kier alpha value is -2.79. The number of terminal acetylenes is 1. The lowest BCUT2D eigenvalue weighted by molar-refractivity contribution is 0.0992. The van der Waals surface area contributed by atoms with Crippen molar-refractivity contribution in [2.75, 3.05) is 0 Å². The molecule has 0 saturated heterocycles. The zero-order chi connectivity index (χ0) is 17.4. The van der Waals surface area contributed by atoms with E-state index >= 15 is 0 Å². The SMILES string of the molecule is C#CCn1c(=NC(=O)c2nn(C)cc2C)sc2cc(F)cc(F)c21. The van der Waals surface area contributed by atoms with Gasteiger partial charge in [0.1, 0.15) is 5.82 Å². The van der Waals surface area contributed by atoms with Crippen LogP contribution in [-0.4, -0.2) is 20.3 Å². The molecule has 0 N–H and O–H groups in total. The second-order valence-corrected chi connectivity index (χ2v) is 6.17. The molecule has 0 aliphatic heterocycles. The fourth-order valence-electron chi connectivity index (χ4n) is 2.41. The first-order chi connectivity index (χ1) is 11.4. The van der Waals surface area contributed by atoms with Crippen molar-refractivity contribution < 1.29 is 13.6 Å². The number of carbonyl (C=O) groups is 1. The van der Waals surface area contributed by atoms with Crippen molar-refractivity contribution in [2.24, 2.45) is 12.0 Å². The van der Waals surface area contributed by atoms with Gasteiger partial charge in [-0.05, 0) is 13.0 Å². The van der Waals surface area contributed by atoms with E-state index in [1.165, 1.54) is 15.3 Å². The standard InChI is InChI=1S/C16H12F2N4OS/c1-4-5-22-14-11(18)6-10(17)7-12(14)24-16(22)19-15(23)13-9(2)8-21(3)20-13/h1,6-8H,5H2,2-3H3. The molecule has 0 unspecified atom stereocenters. The molecule has 3 rings (SSSR count). The molecule has 2 heterocycles. The molecule has 0 spiro atoms. The van der Waals surface area contributed by atoms with E-state index in [0.29, 0.717) is 10.3 Å². The number of hydrogen-bond acceptors (Lipinski definition) is 3. The van der Waals surface area contributed by atoms with Gasteiger partial charge in [-0.2, -0.15) is 10.1 Å². The second-order valence-electron chi connectivity index (χ2n) is 5.16. The van der Waals surface area contributed by atoms with Crippen molar-refractivity contribution in [2.45, 2.75) is 13.5 Å². The third kappa shape index (κ3) is 2.74. The lowest BCUT2D eigenvalue weighted by Crippen LogP contribution is -2.17. The minimum absolute atomic E-state index is 0.00979. The molecule has 0 aliphatic carbocycles. The highest BCUT2D eigenvalue weighted by Gasteiger charge is 2.16. The van der Waals surface area contributed by atoms with Crippen LogP contribution in [0.4, 0.5) is 8.78 Å². The van der Waals surface area contributed by atoms with Crippen LogP contribution in [0.1, 0.15) is 16.1 Å². The minimum atomic E-state index is -0.751. The molecule has 8 heteroatoms. The Kier molecular flexibility index (Phi) is 4.03. The van der Waals surface area contributed by atoms with Gasteiger partial charge in [0.25, 0.3) is 5.91 Å². The van der Waals surface area contributed by atoms with Crippen LogP contribution in [0.3, 0.4) is 0 Å². The van der Waals surface area contributed by atoms with E-state index in [0.717, 1.165) is 17.4 Å². The van der Waals surface area contributed by atoms with Gasteiger partial charge in [0, 0.05) is 24.9 Å². The molecule has 0 saturated carbocycles. The van der Waals surface area contributed by atoms with Gasteiger partial charge >= 0.3 is 0 Å². The van der Waals surface area contributed by atoms with Crippen LogP contribution < -0.4 is 4.80 Å². The predicted molar refractivity (Wildman–Crippen MR) is 86.4 cm³/mol. The number of hydrogen-bond donors (Lipinski definition) is 0. The molecule has 122 valence electrons. The molecule has 1 aromatic carbocycles. The van der Waals surface area contributed by atoms with Crippen LogP contribution >= 0.6 is 11.3 Å². The maximum absolute atomic E-state index is 14.1. The lowest BCUT2D eigenvalue weighted by atomic mass is 10.3. The number of fused-ring (bicyclic) bond motifs is 1. The number of nitrogens with zero attached hydrogens (tertiary/aromatic N) is 4. The van der Waals surface area contributed by atoms with Gasteiger partial charge < -0.3 is 4.57 Å². The fraction of sp³-hybridized carbons (Fsp3) is 0.188. The van der Waals surface area contributed by atoms with E-state index in [2.05, 4.69) is 16.0 Å². The first-order valence-electron chi connectivity index (χ1n) is 6.92. The van der Waals surface area contributed by atoms with Crippen LogP contribution in [0, 0.1) is 30.9 Å². The summed E-state index contributed by atoms with van der Waals surface area (Å²) < 4.78 is 30.7. The van der Waals surface area contributed by atoms with Gasteiger partial charge in [-0.15, -0.1) is 6.42 Å². The fourth-order valence-corrected chi connectivity index (χ4v) is 3.48. The Morgan fingerprint density at radius 2 is 2.21 bits per heavy atom. The van der Waals surface area contributed by atoms with Crippen molar-refractivity contribution in [3.8, 4) is 12.3 Å². The van der Waals surface area contributed by atoms with E-state index in [9.17, 15) is 13.6 Å². The summed E-state index contributed by atoms with van der Waals surface area (Å²) in [6.45, 7) is 1.75. The maximum Gasteiger partial charge on any atom is 0.300 e. The summed E-state index contributed by atoms with van der Waals surface area (Å²) in [6.07, 6.45) is 7.02. The number of thiazole rings is 1. The van der Waals surface area contributed by atoms with Crippen molar-refractivity contribution in [1.82, 2.24) is 14.3 Å². The zero-order valence-electron chi connectivity index (χ0n) is 12.9. The number of amides is 1. The first-order valence-corrected chi connectivity index (χ1v) is 7.73. The highest BCUT2D eigenvalue weighted by Crippen LogP contribution is 2.22. The normalized spacial score (nSPS) is 11.9. The van der Waals surface area contributed by atoms with Gasteiger partial charge in [0.05, 0.1) is 16.8 Å². The molecule has 1 amide bonds. The van der Waals surface area contributed by atoms with E-state index in [1.54, 1.807) is 20.2 Å². The summed E-state index contributed by atoms with van der Waals surface area (Å²) >= 11 is 0.993. The molecule has 0 atom stereocenters. The maximum atomic E-state index is 14.1. The molecule has 0 fully saturated rings. The first kappa shape index (κ1) is 16.1. The third-order valence-electron chi connectivity index (χ3n) is 3.36. The Morgan fingerprint density at radius 1 is 1.46 bits per heavy atom. The van der Waals surface area contributed by atoms with Crippen LogP contribution in [0.5, 0.6) is 0 Å². The second kappa shape index (κ2) is 6.02. The third-order valence-corrected chi connectivity index (χ3v) is 4.38. The average molecular weight is 346 g/mol. The number of halogens is 2. The van der Waals surface area contributed by atoms with E-state index in [4.69, 9.17) is 6.42 Å². The minimum Gasteiger partial charge on any atom is -0.302 e. The summed E-state index contributed by atoms with van der Waals surface area (Å²) in [5.41, 5.74) is 1.01. The number of aryl methyl sites for hydroxylation is 2. The van der Waals surface area contributed by atoms with Crippen LogP contribution in [0.2, 0.25) is 0 Å². The summed E-state index contributed by atoms with van der Waals surface area (Å²) in [7, 11) is 1.69. The van der Waals surface area contributed by atoms with Crippen LogP contribution in [-0.2, 0) is 13.6 Å². The highest BCUT2D eigenvalue weighted by atomic mass is 32.1. The molecule has 3 aromatic rings. The predicted octanol–water partition coefficient (Wildman–Crippen LogP) is 2.40. The van der Waals surface area contributed by atoms with Crippen molar-refractivity contribution >= 4 is 27.5 Å². The van der Waals surface area contributed by atoms with Gasteiger partial charge in [0.2, 0.25) is 0 Å². The largest absolute Gasteiger partial charge is 0.302 e. The molecular formula is C16H12F2N4OS. The van der Waals surface area contributed by atoms with Crippen LogP contribution in [0.15, 0.2) is 23.3 Å². The lowest BCUT2D eigenvalue weighted by Gasteiger charge is -2.01. The quantitative estimate of drug-likeness (QED) is 0.669. The van der Waals surface area contributed by atoms with Gasteiger partial charge in [0.15, 0.2) is 16.3 Å². The van der Waals surface area contributed by atoms with Crippen molar-refractivity contribution in [3.05, 3.63) is 46.0 Å². The van der Waals surface area contributed by atoms with E-state index in [-0.39, 0.29) is 22.6 Å². The Labute approximate surface area is 139 Å². The molecule has 0 radical (unpaired) electrons. The molecular weight excluding hydrogens is 334 g/mol. The number of aromatic nitrogens is 3. The van der Waals surface area contributed by atoms with Gasteiger partial charge in [-0.3, -0.25) is 9.48 Å². The Bertz CT molecular complexity index is 1070. The van der Waals surface area contributed by atoms with Crippen molar-refractivity contribution in [3.63, 3.8) is 0 Å². The summed E-state index contributed by atoms with van der Waals surface area (Å²) in [6, 6.07) is 1.96. The monoisotopic (exact) mass is 346 g/mol. The molecule has 0 bridgehead atoms. The highest BCUT2D eigenvalue weighted by molar-refractivity contribution is 7.16. The van der Waals surface area contributed by atoms with Gasteiger partial charge in [-0.1, -0.05) is 17.3 Å². The number of carbonyl (C=O) groups excluding carboxylic acids is 1. The van der Waals surface area contributed by atoms with Crippen LogP contribution in [0.25, 0.3) is 10.2 Å². The number of rotatable bonds is 2. The molecule has 5 nitrogen and oxygen atoms in total. The average Bonchev–Trinajstić information content (AvgIpc) is 2.99. The van der Waals surface area contributed by atoms with Crippen molar-refractivity contribution in [1.29, 1.82) is 0 Å². The molecule has 24 heavy (non-hydrogen) atoms. The summed E-state index contributed by atoms with van der Waals surface area (Å²) in [5, 5.41) is 4.06. The molecule has 2 aromatic heterocycles. The summed E-state index contributed by atoms with van der Waals surface area (Å²) in [5.74, 6) is 0.376. The van der Waals surface area contributed by atoms with E-state index in [1.807, 2.05) is 0 Å². The topological polar surface area (TPSA) is 52.2 Å². The Morgan fingerprint density at radius 3 is 2.83 bits per heavy atom. The van der Waals surface area contributed by atoms with E-state index < -0.39 is 17.5 Å². The van der Waals surface area contributed by atoms with Gasteiger partial charge in [-0.25, -0.2) is 8.78 Å². The Balaban J connectivity index is 2.23. The zero-order valence-corrected chi connectivity index (χ0v) is 13.7. The molecule has 0 aliphatic rings.